The van der Waals surface area contributed by atoms with Gasteiger partial charge in [0.25, 0.3) is 5.91 Å². The molecular formula is C21H23N5O. The first kappa shape index (κ1) is 17.4. The second-order valence-electron chi connectivity index (χ2n) is 7.20. The van der Waals surface area contributed by atoms with Crippen LogP contribution in [0.25, 0.3) is 11.3 Å². The predicted octanol–water partition coefficient (Wildman–Crippen LogP) is 3.35. The molecule has 0 unspecified atom stereocenters. The maximum atomic E-state index is 12.9. The van der Waals surface area contributed by atoms with E-state index >= 15 is 0 Å². The van der Waals surface area contributed by atoms with Crippen molar-refractivity contribution in [1.29, 1.82) is 0 Å². The Hall–Kier alpha value is -3.02. The first-order chi connectivity index (χ1) is 13.0. The molecule has 4 rings (SSSR count). The zero-order valence-corrected chi connectivity index (χ0v) is 15.9. The Morgan fingerprint density at radius 1 is 1.00 bits per heavy atom. The molecule has 6 nitrogen and oxygen atoms in total. The number of carbonyl (C=O) groups excluding carboxylic acids is 1. The number of benzene rings is 1. The van der Waals surface area contributed by atoms with Crippen LogP contribution < -0.4 is 0 Å². The van der Waals surface area contributed by atoms with E-state index in [9.17, 15) is 4.79 Å². The second-order valence-corrected chi connectivity index (χ2v) is 7.20. The van der Waals surface area contributed by atoms with Gasteiger partial charge in [-0.15, -0.1) is 0 Å². The minimum absolute atomic E-state index is 0.0700. The van der Waals surface area contributed by atoms with E-state index < -0.39 is 0 Å². The molecule has 2 aromatic heterocycles. The van der Waals surface area contributed by atoms with Gasteiger partial charge in [-0.05, 0) is 57.5 Å². The standard InChI is InChI=1S/C21H23N5O/c1-14-4-9-20(23-22-14)17-5-7-18(8-6-17)21(27)25-11-10-19(13-25)26-16(3)12-15(2)24-26/h4-9,12,19H,10-11,13H2,1-3H3/t19-/m1/s1. The number of carbonyl (C=O) groups is 1. The van der Waals surface area contributed by atoms with Crippen molar-refractivity contribution in [2.24, 2.45) is 0 Å². The lowest BCUT2D eigenvalue weighted by Gasteiger charge is -2.17. The van der Waals surface area contributed by atoms with Crippen LogP contribution in [-0.4, -0.2) is 43.9 Å². The number of hydrogen-bond acceptors (Lipinski definition) is 4. The van der Waals surface area contributed by atoms with Crippen molar-refractivity contribution in [2.45, 2.75) is 33.2 Å². The fourth-order valence-electron chi connectivity index (χ4n) is 3.66. The van der Waals surface area contributed by atoms with E-state index in [-0.39, 0.29) is 11.9 Å². The topological polar surface area (TPSA) is 63.9 Å². The Morgan fingerprint density at radius 3 is 2.41 bits per heavy atom. The third-order valence-electron chi connectivity index (χ3n) is 5.07. The molecule has 3 heterocycles. The van der Waals surface area contributed by atoms with E-state index in [0.717, 1.165) is 41.3 Å². The van der Waals surface area contributed by atoms with Gasteiger partial charge in [-0.3, -0.25) is 9.48 Å². The van der Waals surface area contributed by atoms with E-state index in [4.69, 9.17) is 0 Å². The van der Waals surface area contributed by atoms with Crippen molar-refractivity contribution in [3.63, 3.8) is 0 Å². The van der Waals surface area contributed by atoms with Gasteiger partial charge in [0.15, 0.2) is 0 Å². The lowest BCUT2D eigenvalue weighted by Crippen LogP contribution is -2.29. The van der Waals surface area contributed by atoms with Crippen molar-refractivity contribution in [3.8, 4) is 11.3 Å². The van der Waals surface area contributed by atoms with Crippen molar-refractivity contribution in [1.82, 2.24) is 24.9 Å². The highest BCUT2D eigenvalue weighted by molar-refractivity contribution is 5.94. The molecule has 1 amide bonds. The van der Waals surface area contributed by atoms with E-state index in [1.807, 2.05) is 55.1 Å². The summed E-state index contributed by atoms with van der Waals surface area (Å²) in [4.78, 5) is 14.8. The molecule has 1 aromatic carbocycles. The predicted molar refractivity (Wildman–Crippen MR) is 103 cm³/mol. The van der Waals surface area contributed by atoms with Gasteiger partial charge in [-0.25, -0.2) is 0 Å². The van der Waals surface area contributed by atoms with E-state index in [2.05, 4.69) is 33.0 Å². The second kappa shape index (κ2) is 6.95. The summed E-state index contributed by atoms with van der Waals surface area (Å²) in [7, 11) is 0. The van der Waals surface area contributed by atoms with E-state index in [0.29, 0.717) is 12.1 Å². The van der Waals surface area contributed by atoms with Crippen molar-refractivity contribution >= 4 is 5.91 Å². The number of aryl methyl sites for hydroxylation is 3. The third kappa shape index (κ3) is 3.47. The average Bonchev–Trinajstić information content (AvgIpc) is 3.28. The molecular weight excluding hydrogens is 338 g/mol. The largest absolute Gasteiger partial charge is 0.336 e. The quantitative estimate of drug-likeness (QED) is 0.718. The Balaban J connectivity index is 1.47. The van der Waals surface area contributed by atoms with Gasteiger partial charge in [0.05, 0.1) is 23.1 Å². The fourth-order valence-corrected chi connectivity index (χ4v) is 3.66. The summed E-state index contributed by atoms with van der Waals surface area (Å²) in [5, 5.41) is 12.9. The number of likely N-dealkylation sites (tertiary alicyclic amines) is 1. The van der Waals surface area contributed by atoms with Crippen LogP contribution in [0.3, 0.4) is 0 Å². The Labute approximate surface area is 158 Å². The molecule has 27 heavy (non-hydrogen) atoms. The fraction of sp³-hybridized carbons (Fsp3) is 0.333. The maximum absolute atomic E-state index is 12.9. The Morgan fingerprint density at radius 2 is 1.78 bits per heavy atom. The van der Waals surface area contributed by atoms with Crippen LogP contribution in [0.1, 0.15) is 39.9 Å². The molecule has 1 atom stereocenters. The van der Waals surface area contributed by atoms with Crippen LogP contribution >= 0.6 is 0 Å². The maximum Gasteiger partial charge on any atom is 0.253 e. The van der Waals surface area contributed by atoms with Crippen LogP contribution in [-0.2, 0) is 0 Å². The lowest BCUT2D eigenvalue weighted by atomic mass is 10.1. The highest BCUT2D eigenvalue weighted by Crippen LogP contribution is 2.25. The first-order valence-electron chi connectivity index (χ1n) is 9.24. The zero-order chi connectivity index (χ0) is 19.0. The zero-order valence-electron chi connectivity index (χ0n) is 15.9. The molecule has 1 saturated heterocycles. The summed E-state index contributed by atoms with van der Waals surface area (Å²) >= 11 is 0. The Bertz CT molecular complexity index is 959. The molecule has 0 saturated carbocycles. The van der Waals surface area contributed by atoms with Crippen LogP contribution in [0, 0.1) is 20.8 Å². The molecule has 0 N–H and O–H groups in total. The van der Waals surface area contributed by atoms with Crippen LogP contribution in [0.4, 0.5) is 0 Å². The molecule has 0 radical (unpaired) electrons. The average molecular weight is 361 g/mol. The number of nitrogens with zero attached hydrogens (tertiary/aromatic N) is 5. The molecule has 0 aliphatic carbocycles. The van der Waals surface area contributed by atoms with Crippen molar-refractivity contribution in [2.75, 3.05) is 13.1 Å². The first-order valence-corrected chi connectivity index (χ1v) is 9.24. The van der Waals surface area contributed by atoms with Gasteiger partial charge in [-0.1, -0.05) is 12.1 Å². The molecule has 1 aliphatic rings. The number of aromatic nitrogens is 4. The molecule has 0 bridgehead atoms. The normalized spacial score (nSPS) is 16.7. The summed E-state index contributed by atoms with van der Waals surface area (Å²) in [6.45, 7) is 7.44. The highest BCUT2D eigenvalue weighted by atomic mass is 16.2. The molecule has 138 valence electrons. The number of hydrogen-bond donors (Lipinski definition) is 0. The molecule has 3 aromatic rings. The van der Waals surface area contributed by atoms with Gasteiger partial charge in [-0.2, -0.15) is 15.3 Å². The monoisotopic (exact) mass is 361 g/mol. The SMILES string of the molecule is Cc1ccc(-c2ccc(C(=O)N3CC[C@@H](n4nc(C)cc4C)C3)cc2)nn1. The van der Waals surface area contributed by atoms with Crippen LogP contribution in [0.15, 0.2) is 42.5 Å². The summed E-state index contributed by atoms with van der Waals surface area (Å²) in [6, 6.07) is 13.8. The van der Waals surface area contributed by atoms with Gasteiger partial charge in [0.1, 0.15) is 0 Å². The van der Waals surface area contributed by atoms with E-state index in [1.54, 1.807) is 0 Å². The lowest BCUT2D eigenvalue weighted by molar-refractivity contribution is 0.0787. The van der Waals surface area contributed by atoms with E-state index in [1.165, 1.54) is 0 Å². The summed E-state index contributed by atoms with van der Waals surface area (Å²) in [5.74, 6) is 0.0700. The minimum atomic E-state index is 0.0700. The van der Waals surface area contributed by atoms with Crippen LogP contribution in [0.5, 0.6) is 0 Å². The summed E-state index contributed by atoms with van der Waals surface area (Å²) < 4.78 is 2.06. The van der Waals surface area contributed by atoms with Gasteiger partial charge in [0.2, 0.25) is 0 Å². The highest BCUT2D eigenvalue weighted by Gasteiger charge is 2.29. The molecule has 1 aliphatic heterocycles. The molecule has 6 heteroatoms. The molecule has 1 fully saturated rings. The van der Waals surface area contributed by atoms with Crippen molar-refractivity contribution < 1.29 is 4.79 Å². The summed E-state index contributed by atoms with van der Waals surface area (Å²) in [5.41, 5.74) is 5.53. The minimum Gasteiger partial charge on any atom is -0.336 e. The smallest absolute Gasteiger partial charge is 0.253 e. The van der Waals surface area contributed by atoms with Crippen LogP contribution in [0.2, 0.25) is 0 Å². The Kier molecular flexibility index (Phi) is 4.48. The summed E-state index contributed by atoms with van der Waals surface area (Å²) in [6.07, 6.45) is 0.935. The number of rotatable bonds is 3. The third-order valence-corrected chi connectivity index (χ3v) is 5.07. The van der Waals surface area contributed by atoms with Gasteiger partial charge in [0, 0.05) is 29.9 Å². The van der Waals surface area contributed by atoms with Gasteiger partial charge >= 0.3 is 0 Å². The molecule has 0 spiro atoms. The van der Waals surface area contributed by atoms with Gasteiger partial charge < -0.3 is 4.90 Å². The van der Waals surface area contributed by atoms with Crippen molar-refractivity contribution in [3.05, 3.63) is 65.1 Å². The number of amides is 1.